The Hall–Kier alpha value is -3.52. The minimum Gasteiger partial charge on any atom is -0.358 e. The van der Waals surface area contributed by atoms with Crippen LogP contribution in [0, 0.1) is 17.0 Å². The van der Waals surface area contributed by atoms with Crippen molar-refractivity contribution in [3.8, 4) is 0 Å². The fourth-order valence-corrected chi connectivity index (χ4v) is 2.76. The van der Waals surface area contributed by atoms with Crippen LogP contribution in [0.3, 0.4) is 0 Å². The number of carbonyl (C=O) groups excluding carboxylic acids is 1. The average Bonchev–Trinajstić information content (AvgIpc) is 3.07. The maximum absolute atomic E-state index is 12.3. The summed E-state index contributed by atoms with van der Waals surface area (Å²) in [5.41, 5.74) is 6.04. The van der Waals surface area contributed by atoms with Gasteiger partial charge in [0.1, 0.15) is 0 Å². The largest absolute Gasteiger partial charge is 0.390 e. The van der Waals surface area contributed by atoms with Gasteiger partial charge in [-0.1, -0.05) is 35.9 Å². The van der Waals surface area contributed by atoms with Crippen LogP contribution in [0.5, 0.6) is 0 Å². The van der Waals surface area contributed by atoms with Gasteiger partial charge in [-0.25, -0.2) is 5.43 Å². The zero-order valence-electron chi connectivity index (χ0n) is 15.8. The van der Waals surface area contributed by atoms with Crippen molar-refractivity contribution in [2.24, 2.45) is 5.10 Å². The van der Waals surface area contributed by atoms with Crippen molar-refractivity contribution in [2.75, 3.05) is 0 Å². The second-order valence-corrected chi connectivity index (χ2v) is 6.84. The monoisotopic (exact) mass is 411 g/mol. The SMILES string of the molecule is CC(=NNC(=O)c1ccc(Cn2nc([N+](=O)[O-])cc2C)cc1)c1ccc(Cl)cc1. The van der Waals surface area contributed by atoms with Crippen LogP contribution >= 0.6 is 11.6 Å². The molecule has 1 N–H and O–H groups in total. The molecule has 2 aromatic carbocycles. The third-order valence-corrected chi connectivity index (χ3v) is 4.54. The molecular formula is C20H18ClN5O3. The molecule has 1 amide bonds. The minimum atomic E-state index is -0.524. The number of rotatable bonds is 6. The van der Waals surface area contributed by atoms with E-state index < -0.39 is 4.92 Å². The van der Waals surface area contributed by atoms with Crippen molar-refractivity contribution in [1.29, 1.82) is 0 Å². The topological polar surface area (TPSA) is 102 Å². The van der Waals surface area contributed by atoms with E-state index in [4.69, 9.17) is 11.6 Å². The van der Waals surface area contributed by atoms with Crippen molar-refractivity contribution >= 4 is 29.0 Å². The molecule has 8 nitrogen and oxygen atoms in total. The normalized spacial score (nSPS) is 11.3. The van der Waals surface area contributed by atoms with Gasteiger partial charge in [0, 0.05) is 10.6 Å². The molecule has 0 spiro atoms. The van der Waals surface area contributed by atoms with E-state index in [1.165, 1.54) is 6.07 Å². The van der Waals surface area contributed by atoms with Gasteiger partial charge < -0.3 is 10.1 Å². The highest BCUT2D eigenvalue weighted by Gasteiger charge is 2.15. The van der Waals surface area contributed by atoms with Crippen molar-refractivity contribution in [1.82, 2.24) is 15.2 Å². The van der Waals surface area contributed by atoms with Crippen molar-refractivity contribution in [2.45, 2.75) is 20.4 Å². The number of halogens is 1. The third kappa shape index (κ3) is 5.05. The second kappa shape index (κ2) is 8.66. The van der Waals surface area contributed by atoms with Gasteiger partial charge in [0.05, 0.1) is 29.1 Å². The van der Waals surface area contributed by atoms with Crippen molar-refractivity contribution < 1.29 is 9.72 Å². The smallest absolute Gasteiger partial charge is 0.358 e. The van der Waals surface area contributed by atoms with Gasteiger partial charge in [0.25, 0.3) is 5.91 Å². The number of nitro groups is 1. The van der Waals surface area contributed by atoms with E-state index in [1.54, 1.807) is 54.9 Å². The lowest BCUT2D eigenvalue weighted by molar-refractivity contribution is -0.389. The summed E-state index contributed by atoms with van der Waals surface area (Å²) in [4.78, 5) is 22.6. The Morgan fingerprint density at radius 2 is 1.79 bits per heavy atom. The molecule has 0 aliphatic heterocycles. The van der Waals surface area contributed by atoms with Crippen molar-refractivity contribution in [3.05, 3.63) is 92.1 Å². The van der Waals surface area contributed by atoms with Crippen LogP contribution in [0.15, 0.2) is 59.7 Å². The molecule has 0 saturated heterocycles. The summed E-state index contributed by atoms with van der Waals surface area (Å²) in [7, 11) is 0. The molecule has 0 bridgehead atoms. The summed E-state index contributed by atoms with van der Waals surface area (Å²) in [5, 5.41) is 19.5. The van der Waals surface area contributed by atoms with Crippen LogP contribution in [0.4, 0.5) is 5.82 Å². The van der Waals surface area contributed by atoms with E-state index in [-0.39, 0.29) is 11.7 Å². The fraction of sp³-hybridized carbons (Fsp3) is 0.150. The van der Waals surface area contributed by atoms with Crippen molar-refractivity contribution in [3.63, 3.8) is 0 Å². The maximum Gasteiger partial charge on any atom is 0.390 e. The molecule has 0 aliphatic rings. The predicted octanol–water partition coefficient (Wildman–Crippen LogP) is 3.96. The number of hydrogen-bond acceptors (Lipinski definition) is 5. The van der Waals surface area contributed by atoms with Gasteiger partial charge in [-0.15, -0.1) is 0 Å². The zero-order valence-corrected chi connectivity index (χ0v) is 16.6. The second-order valence-electron chi connectivity index (χ2n) is 6.40. The van der Waals surface area contributed by atoms with Gasteiger partial charge in [0.15, 0.2) is 0 Å². The molecule has 9 heteroatoms. The summed E-state index contributed by atoms with van der Waals surface area (Å²) in [6.45, 7) is 3.91. The minimum absolute atomic E-state index is 0.188. The van der Waals surface area contributed by atoms with Gasteiger partial charge in [0.2, 0.25) is 0 Å². The Bertz CT molecular complexity index is 1070. The predicted molar refractivity (Wildman–Crippen MR) is 110 cm³/mol. The van der Waals surface area contributed by atoms with E-state index in [1.807, 2.05) is 12.1 Å². The molecule has 0 fully saturated rings. The molecule has 0 aliphatic carbocycles. The number of carbonyl (C=O) groups is 1. The number of amides is 1. The Kier molecular flexibility index (Phi) is 6.04. The molecule has 0 radical (unpaired) electrons. The Morgan fingerprint density at radius 1 is 1.17 bits per heavy atom. The molecular weight excluding hydrogens is 394 g/mol. The lowest BCUT2D eigenvalue weighted by Gasteiger charge is -2.05. The Labute approximate surface area is 172 Å². The summed E-state index contributed by atoms with van der Waals surface area (Å²) < 4.78 is 1.55. The number of benzene rings is 2. The quantitative estimate of drug-likeness (QED) is 0.376. The standard InChI is InChI=1S/C20H18ClN5O3/c1-13-11-19(26(28)29)24-25(13)12-15-3-5-17(6-4-15)20(27)23-22-14(2)16-7-9-18(21)10-8-16/h3-11H,12H2,1-2H3,(H,23,27). The Balaban J connectivity index is 1.65. The van der Waals surface area contributed by atoms with Crippen LogP contribution in [0.25, 0.3) is 0 Å². The van der Waals surface area contributed by atoms with Gasteiger partial charge >= 0.3 is 5.82 Å². The zero-order chi connectivity index (χ0) is 21.0. The van der Waals surface area contributed by atoms with Crippen LogP contribution < -0.4 is 5.43 Å². The summed E-state index contributed by atoms with van der Waals surface area (Å²) in [5.74, 6) is -0.525. The average molecular weight is 412 g/mol. The molecule has 0 saturated carbocycles. The molecule has 148 valence electrons. The first-order chi connectivity index (χ1) is 13.8. The van der Waals surface area contributed by atoms with E-state index in [2.05, 4.69) is 15.6 Å². The first kappa shape index (κ1) is 20.2. The highest BCUT2D eigenvalue weighted by atomic mass is 35.5. The molecule has 29 heavy (non-hydrogen) atoms. The lowest BCUT2D eigenvalue weighted by atomic mass is 10.1. The summed E-state index contributed by atoms with van der Waals surface area (Å²) in [6, 6.07) is 15.5. The molecule has 0 unspecified atom stereocenters. The lowest BCUT2D eigenvalue weighted by Crippen LogP contribution is -2.19. The first-order valence-electron chi connectivity index (χ1n) is 8.72. The van der Waals surface area contributed by atoms with Crippen LogP contribution in [-0.2, 0) is 6.54 Å². The van der Waals surface area contributed by atoms with Gasteiger partial charge in [-0.3, -0.25) is 4.79 Å². The molecule has 0 atom stereocenters. The summed E-state index contributed by atoms with van der Waals surface area (Å²) in [6.07, 6.45) is 0. The number of nitrogens with zero attached hydrogens (tertiary/aromatic N) is 4. The molecule has 3 rings (SSSR count). The maximum atomic E-state index is 12.3. The number of aryl methyl sites for hydroxylation is 1. The van der Waals surface area contributed by atoms with Crippen LogP contribution in [0.2, 0.25) is 5.02 Å². The van der Waals surface area contributed by atoms with Gasteiger partial charge in [-0.2, -0.15) is 9.78 Å². The molecule has 3 aromatic rings. The number of aromatic nitrogens is 2. The number of nitrogens with one attached hydrogen (secondary N) is 1. The van der Waals surface area contributed by atoms with E-state index in [0.717, 1.165) is 11.1 Å². The highest BCUT2D eigenvalue weighted by Crippen LogP contribution is 2.14. The van der Waals surface area contributed by atoms with Crippen LogP contribution in [-0.4, -0.2) is 26.3 Å². The summed E-state index contributed by atoms with van der Waals surface area (Å²) >= 11 is 5.87. The third-order valence-electron chi connectivity index (χ3n) is 4.29. The first-order valence-corrected chi connectivity index (χ1v) is 9.09. The molecule has 1 aromatic heterocycles. The molecule has 1 heterocycles. The van der Waals surface area contributed by atoms with Gasteiger partial charge in [-0.05, 0) is 54.2 Å². The number of hydrazone groups is 1. The van der Waals surface area contributed by atoms with Crippen LogP contribution in [0.1, 0.15) is 34.1 Å². The van der Waals surface area contributed by atoms with E-state index in [9.17, 15) is 14.9 Å². The highest BCUT2D eigenvalue weighted by molar-refractivity contribution is 6.30. The fourth-order valence-electron chi connectivity index (χ4n) is 2.63. The Morgan fingerprint density at radius 3 is 2.38 bits per heavy atom. The van der Waals surface area contributed by atoms with E-state index in [0.29, 0.717) is 28.5 Å². The number of hydrogen-bond donors (Lipinski definition) is 1. The van der Waals surface area contributed by atoms with E-state index >= 15 is 0 Å².